The minimum Gasteiger partial charge on any atom is -0.375 e. The van der Waals surface area contributed by atoms with Crippen molar-refractivity contribution in [1.82, 2.24) is 5.43 Å². The summed E-state index contributed by atoms with van der Waals surface area (Å²) in [5.41, 5.74) is 2.92. The van der Waals surface area contributed by atoms with Crippen LogP contribution in [0.4, 0.5) is 0 Å². The summed E-state index contributed by atoms with van der Waals surface area (Å²) in [6, 6.07) is 2.07. The van der Waals surface area contributed by atoms with Gasteiger partial charge in [0.2, 0.25) is 0 Å². The summed E-state index contributed by atoms with van der Waals surface area (Å²) in [5, 5.41) is 2.83. The number of thiophene rings is 1. The van der Waals surface area contributed by atoms with Crippen LogP contribution in [0.3, 0.4) is 0 Å². The third kappa shape index (κ3) is 1.69. The Kier molecular flexibility index (Phi) is 2.94. The summed E-state index contributed by atoms with van der Waals surface area (Å²) >= 11 is 7.83. The van der Waals surface area contributed by atoms with Gasteiger partial charge in [-0.3, -0.25) is 11.3 Å². The molecule has 0 aromatic carbocycles. The highest BCUT2D eigenvalue weighted by Gasteiger charge is 2.45. The van der Waals surface area contributed by atoms with Gasteiger partial charge >= 0.3 is 0 Å². The SMILES string of the molecule is NNC(c1sccc1Cl)C1CC2CCC1O2. The van der Waals surface area contributed by atoms with E-state index in [1.807, 2.05) is 11.4 Å². The highest BCUT2D eigenvalue weighted by Crippen LogP contribution is 2.46. The van der Waals surface area contributed by atoms with Crippen LogP contribution in [0.2, 0.25) is 5.02 Å². The number of hydrazine groups is 1. The number of nitrogens with two attached hydrogens (primary N) is 1. The number of halogens is 1. The Labute approximate surface area is 104 Å². The standard InChI is InChI=1S/C11H15ClN2OS/c12-8-3-4-16-11(8)10(14-13)7-5-6-1-2-9(7)15-6/h3-4,6-7,9-10,14H,1-2,5,13H2. The first-order chi connectivity index (χ1) is 7.79. The van der Waals surface area contributed by atoms with Gasteiger partial charge in [-0.25, -0.2) is 0 Å². The van der Waals surface area contributed by atoms with Crippen molar-refractivity contribution in [3.05, 3.63) is 21.3 Å². The zero-order chi connectivity index (χ0) is 11.1. The van der Waals surface area contributed by atoms with Crippen molar-refractivity contribution < 1.29 is 4.74 Å². The Morgan fingerprint density at radius 2 is 2.44 bits per heavy atom. The Morgan fingerprint density at radius 1 is 1.56 bits per heavy atom. The van der Waals surface area contributed by atoms with E-state index in [1.54, 1.807) is 11.3 Å². The summed E-state index contributed by atoms with van der Waals surface area (Å²) in [7, 11) is 0. The van der Waals surface area contributed by atoms with Crippen molar-refractivity contribution in [2.24, 2.45) is 11.8 Å². The quantitative estimate of drug-likeness (QED) is 0.647. The number of hydrogen-bond donors (Lipinski definition) is 2. The largest absolute Gasteiger partial charge is 0.375 e. The topological polar surface area (TPSA) is 47.3 Å². The molecular formula is C11H15ClN2OS. The van der Waals surface area contributed by atoms with E-state index in [9.17, 15) is 0 Å². The molecule has 16 heavy (non-hydrogen) atoms. The van der Waals surface area contributed by atoms with Crippen molar-refractivity contribution in [1.29, 1.82) is 0 Å². The van der Waals surface area contributed by atoms with Crippen LogP contribution in [-0.2, 0) is 4.74 Å². The van der Waals surface area contributed by atoms with E-state index >= 15 is 0 Å². The number of rotatable bonds is 3. The van der Waals surface area contributed by atoms with Gasteiger partial charge in [0.15, 0.2) is 0 Å². The highest BCUT2D eigenvalue weighted by molar-refractivity contribution is 7.10. The second kappa shape index (κ2) is 4.27. The minimum absolute atomic E-state index is 0.141. The molecule has 2 bridgehead atoms. The second-order valence-corrected chi connectivity index (χ2v) is 5.91. The van der Waals surface area contributed by atoms with Crippen molar-refractivity contribution in [3.8, 4) is 0 Å². The lowest BCUT2D eigenvalue weighted by Crippen LogP contribution is -2.37. The molecule has 0 amide bonds. The first-order valence-corrected chi connectivity index (χ1v) is 6.90. The van der Waals surface area contributed by atoms with Crippen molar-refractivity contribution in [2.45, 2.75) is 37.5 Å². The highest BCUT2D eigenvalue weighted by atomic mass is 35.5. The summed E-state index contributed by atoms with van der Waals surface area (Å²) in [4.78, 5) is 1.14. The Hall–Kier alpha value is -0.130. The lowest BCUT2D eigenvalue weighted by Gasteiger charge is -2.27. The fraction of sp³-hybridized carbons (Fsp3) is 0.636. The van der Waals surface area contributed by atoms with Gasteiger partial charge in [0, 0.05) is 10.8 Å². The third-order valence-corrected chi connectivity index (χ3v) is 5.13. The molecule has 3 nitrogen and oxygen atoms in total. The lowest BCUT2D eigenvalue weighted by molar-refractivity contribution is 0.0859. The molecule has 0 radical (unpaired) electrons. The molecule has 2 aliphatic heterocycles. The summed E-state index contributed by atoms with van der Waals surface area (Å²) in [6.45, 7) is 0. The maximum Gasteiger partial charge on any atom is 0.0628 e. The predicted molar refractivity (Wildman–Crippen MR) is 65.4 cm³/mol. The summed E-state index contributed by atoms with van der Waals surface area (Å²) in [6.07, 6.45) is 4.29. The Balaban J connectivity index is 1.84. The predicted octanol–water partition coefficient (Wildman–Crippen LogP) is 2.47. The molecule has 1 aromatic rings. The minimum atomic E-state index is 0.141. The third-order valence-electron chi connectivity index (χ3n) is 3.69. The fourth-order valence-electron chi connectivity index (χ4n) is 2.95. The second-order valence-electron chi connectivity index (χ2n) is 4.55. The first-order valence-electron chi connectivity index (χ1n) is 5.64. The molecule has 4 atom stereocenters. The number of hydrogen-bond acceptors (Lipinski definition) is 4. The van der Waals surface area contributed by atoms with Crippen molar-refractivity contribution in [2.75, 3.05) is 0 Å². The fourth-order valence-corrected chi connectivity index (χ4v) is 4.26. The van der Waals surface area contributed by atoms with E-state index in [0.29, 0.717) is 18.1 Å². The zero-order valence-electron chi connectivity index (χ0n) is 8.86. The molecule has 2 saturated heterocycles. The van der Waals surface area contributed by atoms with E-state index in [2.05, 4.69) is 5.43 Å². The first kappa shape index (κ1) is 11.0. The van der Waals surface area contributed by atoms with Gasteiger partial charge in [-0.2, -0.15) is 0 Å². The zero-order valence-corrected chi connectivity index (χ0v) is 10.4. The van der Waals surface area contributed by atoms with E-state index in [0.717, 1.165) is 22.7 Å². The van der Waals surface area contributed by atoms with Crippen LogP contribution in [0.1, 0.15) is 30.2 Å². The molecule has 2 aliphatic rings. The molecule has 3 heterocycles. The molecular weight excluding hydrogens is 244 g/mol. The summed E-state index contributed by atoms with van der Waals surface area (Å²) < 4.78 is 5.87. The van der Waals surface area contributed by atoms with Gasteiger partial charge in [0.25, 0.3) is 0 Å². The maximum atomic E-state index is 6.17. The molecule has 3 rings (SSSR count). The van der Waals surface area contributed by atoms with E-state index < -0.39 is 0 Å². The van der Waals surface area contributed by atoms with Gasteiger partial charge < -0.3 is 4.74 Å². The molecule has 4 unspecified atom stereocenters. The van der Waals surface area contributed by atoms with Crippen molar-refractivity contribution >= 4 is 22.9 Å². The molecule has 2 fully saturated rings. The van der Waals surface area contributed by atoms with Crippen LogP contribution in [0.25, 0.3) is 0 Å². The van der Waals surface area contributed by atoms with Crippen LogP contribution in [-0.4, -0.2) is 12.2 Å². The Bertz CT molecular complexity index is 384. The van der Waals surface area contributed by atoms with E-state index in [1.165, 1.54) is 6.42 Å². The number of nitrogens with one attached hydrogen (secondary N) is 1. The Morgan fingerprint density at radius 3 is 2.94 bits per heavy atom. The monoisotopic (exact) mass is 258 g/mol. The maximum absolute atomic E-state index is 6.17. The summed E-state index contributed by atoms with van der Waals surface area (Å²) in [5.74, 6) is 6.16. The van der Waals surface area contributed by atoms with Crippen LogP contribution in [0.15, 0.2) is 11.4 Å². The lowest BCUT2D eigenvalue weighted by atomic mass is 9.83. The van der Waals surface area contributed by atoms with E-state index in [-0.39, 0.29) is 6.04 Å². The number of ether oxygens (including phenoxy) is 1. The van der Waals surface area contributed by atoms with E-state index in [4.69, 9.17) is 22.2 Å². The molecule has 3 N–H and O–H groups in total. The average molecular weight is 259 g/mol. The molecule has 1 aromatic heterocycles. The van der Waals surface area contributed by atoms with Crippen LogP contribution in [0.5, 0.6) is 0 Å². The van der Waals surface area contributed by atoms with Crippen LogP contribution >= 0.6 is 22.9 Å². The van der Waals surface area contributed by atoms with Gasteiger partial charge in [0.1, 0.15) is 0 Å². The van der Waals surface area contributed by atoms with Crippen molar-refractivity contribution in [3.63, 3.8) is 0 Å². The average Bonchev–Trinajstić information content (AvgIpc) is 2.97. The molecule has 5 heteroatoms. The van der Waals surface area contributed by atoms with Gasteiger partial charge in [-0.15, -0.1) is 11.3 Å². The van der Waals surface area contributed by atoms with Crippen LogP contribution < -0.4 is 11.3 Å². The molecule has 0 aliphatic carbocycles. The normalized spacial score (nSPS) is 34.5. The number of fused-ring (bicyclic) bond motifs is 2. The molecule has 88 valence electrons. The van der Waals surface area contributed by atoms with Crippen LogP contribution in [0, 0.1) is 5.92 Å². The molecule has 0 saturated carbocycles. The van der Waals surface area contributed by atoms with Gasteiger partial charge in [0.05, 0.1) is 23.3 Å². The van der Waals surface area contributed by atoms with Gasteiger partial charge in [-0.05, 0) is 30.7 Å². The smallest absolute Gasteiger partial charge is 0.0628 e. The molecule has 0 spiro atoms. The van der Waals surface area contributed by atoms with Gasteiger partial charge in [-0.1, -0.05) is 11.6 Å².